The Kier molecular flexibility index (Phi) is 3.97. The largest absolute Gasteiger partial charge is 0.379 e. The zero-order chi connectivity index (χ0) is 15.7. The Morgan fingerprint density at radius 1 is 1.55 bits per heavy atom. The van der Waals surface area contributed by atoms with E-state index in [2.05, 4.69) is 20.6 Å². The van der Waals surface area contributed by atoms with Gasteiger partial charge in [0.25, 0.3) is 0 Å². The molecule has 0 saturated carbocycles. The number of amides is 2. The molecule has 1 saturated heterocycles. The second-order valence-corrected chi connectivity index (χ2v) is 6.40. The summed E-state index contributed by atoms with van der Waals surface area (Å²) in [6.45, 7) is 5.08. The first-order valence-corrected chi connectivity index (χ1v) is 7.65. The number of fused-ring (bicyclic) bond motifs is 1. The highest BCUT2D eigenvalue weighted by atomic mass is 35.5. The molecule has 22 heavy (non-hydrogen) atoms. The number of imidazole rings is 1. The van der Waals surface area contributed by atoms with Crippen molar-refractivity contribution in [1.82, 2.24) is 20.6 Å². The summed E-state index contributed by atoms with van der Waals surface area (Å²) in [4.78, 5) is 19.8. The first-order valence-electron chi connectivity index (χ1n) is 7.27. The third kappa shape index (κ3) is 3.18. The van der Waals surface area contributed by atoms with Crippen molar-refractivity contribution in [2.75, 3.05) is 13.2 Å². The summed E-state index contributed by atoms with van der Waals surface area (Å²) in [5.74, 6) is 0.695. The van der Waals surface area contributed by atoms with Crippen LogP contribution in [0.15, 0.2) is 18.2 Å². The summed E-state index contributed by atoms with van der Waals surface area (Å²) in [6.07, 6.45) is 0.817. The predicted molar refractivity (Wildman–Crippen MR) is 85.0 cm³/mol. The number of hydrogen-bond acceptors (Lipinski definition) is 3. The van der Waals surface area contributed by atoms with E-state index in [9.17, 15) is 4.79 Å². The Morgan fingerprint density at radius 3 is 3.09 bits per heavy atom. The molecule has 3 N–H and O–H groups in total. The molecule has 2 amide bonds. The molecule has 1 aliphatic rings. The number of ether oxygens (including phenoxy) is 1. The Labute approximate surface area is 133 Å². The van der Waals surface area contributed by atoms with Gasteiger partial charge in [-0.1, -0.05) is 11.6 Å². The fourth-order valence-corrected chi connectivity index (χ4v) is 2.72. The molecule has 1 aliphatic heterocycles. The van der Waals surface area contributed by atoms with E-state index in [1.807, 2.05) is 26.0 Å². The lowest BCUT2D eigenvalue weighted by molar-refractivity contribution is 0.170. The van der Waals surface area contributed by atoms with E-state index in [0.717, 1.165) is 17.5 Å². The van der Waals surface area contributed by atoms with Crippen LogP contribution in [0.5, 0.6) is 0 Å². The van der Waals surface area contributed by atoms with Crippen molar-refractivity contribution in [3.63, 3.8) is 0 Å². The topological polar surface area (TPSA) is 79.0 Å². The van der Waals surface area contributed by atoms with Crippen molar-refractivity contribution < 1.29 is 9.53 Å². The number of carbonyl (C=O) groups is 1. The quantitative estimate of drug-likeness (QED) is 0.813. The molecule has 6 nitrogen and oxygen atoms in total. The number of nitrogens with one attached hydrogen (secondary N) is 3. The van der Waals surface area contributed by atoms with Gasteiger partial charge < -0.3 is 20.4 Å². The second kappa shape index (κ2) is 5.78. The summed E-state index contributed by atoms with van der Waals surface area (Å²) in [5, 5.41) is 6.50. The molecular formula is C15H19ClN4O2. The molecule has 2 atom stereocenters. The van der Waals surface area contributed by atoms with Crippen molar-refractivity contribution in [3.8, 4) is 0 Å². The number of carbonyl (C=O) groups excluding carboxylic acids is 1. The third-order valence-electron chi connectivity index (χ3n) is 3.85. The van der Waals surface area contributed by atoms with Gasteiger partial charge in [-0.05, 0) is 38.5 Å². The van der Waals surface area contributed by atoms with E-state index >= 15 is 0 Å². The summed E-state index contributed by atoms with van der Waals surface area (Å²) < 4.78 is 5.33. The van der Waals surface area contributed by atoms with Gasteiger partial charge in [0.15, 0.2) is 0 Å². The van der Waals surface area contributed by atoms with Crippen molar-refractivity contribution >= 4 is 28.7 Å². The van der Waals surface area contributed by atoms with Crippen molar-refractivity contribution in [3.05, 3.63) is 29.0 Å². The van der Waals surface area contributed by atoms with Crippen LogP contribution in [0, 0.1) is 0 Å². The number of aromatic nitrogens is 2. The smallest absolute Gasteiger partial charge is 0.315 e. The molecule has 0 bridgehead atoms. The molecular weight excluding hydrogens is 304 g/mol. The van der Waals surface area contributed by atoms with E-state index in [1.165, 1.54) is 0 Å². The number of halogens is 1. The molecule has 0 radical (unpaired) electrons. The minimum Gasteiger partial charge on any atom is -0.379 e. The van der Waals surface area contributed by atoms with E-state index in [1.54, 1.807) is 6.07 Å². The van der Waals surface area contributed by atoms with Crippen LogP contribution < -0.4 is 10.6 Å². The highest BCUT2D eigenvalue weighted by molar-refractivity contribution is 6.31. The predicted octanol–water partition coefficient (Wildman–Crippen LogP) is 2.76. The van der Waals surface area contributed by atoms with Crippen LogP contribution in [0.3, 0.4) is 0 Å². The van der Waals surface area contributed by atoms with Gasteiger partial charge in [0.05, 0.1) is 29.2 Å². The van der Waals surface area contributed by atoms with Crippen LogP contribution in [-0.2, 0) is 4.74 Å². The van der Waals surface area contributed by atoms with Gasteiger partial charge in [-0.3, -0.25) is 0 Å². The van der Waals surface area contributed by atoms with Crippen LogP contribution >= 0.6 is 11.6 Å². The van der Waals surface area contributed by atoms with Crippen LogP contribution in [0.1, 0.15) is 32.1 Å². The maximum Gasteiger partial charge on any atom is 0.315 e. The molecule has 3 rings (SSSR count). The van der Waals surface area contributed by atoms with E-state index < -0.39 is 0 Å². The maximum atomic E-state index is 12.1. The van der Waals surface area contributed by atoms with E-state index in [0.29, 0.717) is 24.1 Å². The highest BCUT2D eigenvalue weighted by Gasteiger charge is 2.31. The first kappa shape index (κ1) is 15.1. The summed E-state index contributed by atoms with van der Waals surface area (Å²) in [5.41, 5.74) is 1.38. The van der Waals surface area contributed by atoms with Gasteiger partial charge in [0, 0.05) is 11.6 Å². The van der Waals surface area contributed by atoms with Gasteiger partial charge in [0.1, 0.15) is 5.82 Å². The number of aromatic amines is 1. The van der Waals surface area contributed by atoms with Crippen molar-refractivity contribution in [2.45, 2.75) is 31.8 Å². The average molecular weight is 323 g/mol. The van der Waals surface area contributed by atoms with E-state index in [-0.39, 0.29) is 17.6 Å². The second-order valence-electron chi connectivity index (χ2n) is 5.97. The lowest BCUT2D eigenvalue weighted by Gasteiger charge is -2.24. The van der Waals surface area contributed by atoms with Crippen LogP contribution in [0.2, 0.25) is 5.02 Å². The van der Waals surface area contributed by atoms with Gasteiger partial charge in [-0.25, -0.2) is 9.78 Å². The van der Waals surface area contributed by atoms with E-state index in [4.69, 9.17) is 16.3 Å². The summed E-state index contributed by atoms with van der Waals surface area (Å²) >= 11 is 5.96. The van der Waals surface area contributed by atoms with Crippen LogP contribution in [0.4, 0.5) is 4.79 Å². The zero-order valence-corrected chi connectivity index (χ0v) is 13.3. The number of nitrogens with zero attached hydrogens (tertiary/aromatic N) is 1. The normalized spacial score (nSPS) is 22.7. The fourth-order valence-electron chi connectivity index (χ4n) is 2.55. The molecule has 2 aromatic rings. The van der Waals surface area contributed by atoms with Gasteiger partial charge >= 0.3 is 6.03 Å². The van der Waals surface area contributed by atoms with Crippen molar-refractivity contribution in [1.29, 1.82) is 0 Å². The van der Waals surface area contributed by atoms with Crippen molar-refractivity contribution in [2.24, 2.45) is 0 Å². The summed E-state index contributed by atoms with van der Waals surface area (Å²) in [7, 11) is 0. The lowest BCUT2D eigenvalue weighted by atomic mass is 10.0. The molecule has 2 heterocycles. The molecule has 0 spiro atoms. The molecule has 1 aromatic heterocycles. The SMILES string of the molecule is C[C@@H](NC(=O)N[C@@]1(C)CCOC1)c1nc2ccc(Cl)cc2[nH]1. The Hall–Kier alpha value is -1.79. The number of H-pyrrole nitrogens is 1. The third-order valence-corrected chi connectivity index (χ3v) is 4.09. The molecule has 1 aromatic carbocycles. The molecule has 1 fully saturated rings. The lowest BCUT2D eigenvalue weighted by Crippen LogP contribution is -2.51. The standard InChI is InChI=1S/C15H19ClN4O2/c1-9(17-14(21)20-15(2)5-6-22-8-15)13-18-11-4-3-10(16)7-12(11)19-13/h3-4,7,9H,5-6,8H2,1-2H3,(H,18,19)(H2,17,20,21)/t9-,15+/m1/s1. The number of benzene rings is 1. The number of hydrogen-bond donors (Lipinski definition) is 3. The minimum atomic E-state index is -0.300. The molecule has 0 aliphatic carbocycles. The number of urea groups is 1. The van der Waals surface area contributed by atoms with Crippen LogP contribution in [-0.4, -0.2) is 34.8 Å². The Bertz CT molecular complexity index is 694. The number of rotatable bonds is 3. The first-order chi connectivity index (χ1) is 10.5. The molecule has 0 unspecified atom stereocenters. The maximum absolute atomic E-state index is 12.1. The highest BCUT2D eigenvalue weighted by Crippen LogP contribution is 2.20. The zero-order valence-electron chi connectivity index (χ0n) is 12.6. The summed E-state index contributed by atoms with van der Waals surface area (Å²) in [6, 6.07) is 5.00. The fraction of sp³-hybridized carbons (Fsp3) is 0.467. The Morgan fingerprint density at radius 2 is 2.36 bits per heavy atom. The van der Waals surface area contributed by atoms with Gasteiger partial charge in [0.2, 0.25) is 0 Å². The minimum absolute atomic E-state index is 0.223. The van der Waals surface area contributed by atoms with Gasteiger partial charge in [-0.2, -0.15) is 0 Å². The monoisotopic (exact) mass is 322 g/mol. The molecule has 7 heteroatoms. The van der Waals surface area contributed by atoms with Crippen LogP contribution in [0.25, 0.3) is 11.0 Å². The average Bonchev–Trinajstić information content (AvgIpc) is 3.04. The molecule has 118 valence electrons. The van der Waals surface area contributed by atoms with Gasteiger partial charge in [-0.15, -0.1) is 0 Å². The Balaban J connectivity index is 1.67.